The minimum Gasteiger partial charge on any atom is -0.346 e. The Morgan fingerprint density at radius 3 is 1.84 bits per heavy atom. The van der Waals surface area contributed by atoms with Crippen LogP contribution in [0.4, 0.5) is 17.1 Å². The molecule has 0 radical (unpaired) electrons. The van der Waals surface area contributed by atoms with Crippen LogP contribution in [0.2, 0.25) is 0 Å². The molecule has 1 saturated carbocycles. The van der Waals surface area contributed by atoms with E-state index in [1.54, 1.807) is 18.2 Å². The summed E-state index contributed by atoms with van der Waals surface area (Å²) in [5.74, 6) is -0.740. The van der Waals surface area contributed by atoms with Crippen LogP contribution in [0.15, 0.2) is 42.5 Å². The number of anilines is 3. The molecule has 1 aliphatic rings. The van der Waals surface area contributed by atoms with Gasteiger partial charge in [0.25, 0.3) is 5.91 Å². The molecule has 0 aromatic heterocycles. The highest BCUT2D eigenvalue weighted by Gasteiger charge is 2.29. The van der Waals surface area contributed by atoms with Crippen molar-refractivity contribution in [3.8, 4) is 0 Å². The molecule has 162 valence electrons. The van der Waals surface area contributed by atoms with E-state index in [9.17, 15) is 19.2 Å². The summed E-state index contributed by atoms with van der Waals surface area (Å²) >= 11 is 0. The van der Waals surface area contributed by atoms with Crippen LogP contribution >= 0.6 is 0 Å². The van der Waals surface area contributed by atoms with E-state index in [2.05, 4.69) is 21.3 Å². The molecule has 4 N–H and O–H groups in total. The first-order valence-corrected chi connectivity index (χ1v) is 10.1. The van der Waals surface area contributed by atoms with Gasteiger partial charge in [-0.3, -0.25) is 19.2 Å². The van der Waals surface area contributed by atoms with Crippen LogP contribution < -0.4 is 21.3 Å². The van der Waals surface area contributed by atoms with Gasteiger partial charge >= 0.3 is 0 Å². The first kappa shape index (κ1) is 22.0. The van der Waals surface area contributed by atoms with Crippen LogP contribution in [-0.2, 0) is 14.4 Å². The molecule has 1 fully saturated rings. The van der Waals surface area contributed by atoms with Gasteiger partial charge < -0.3 is 21.3 Å². The fraction of sp³-hybridized carbons (Fsp3) is 0.304. The van der Waals surface area contributed by atoms with Crippen molar-refractivity contribution < 1.29 is 19.2 Å². The van der Waals surface area contributed by atoms with Crippen LogP contribution in [0.25, 0.3) is 0 Å². The van der Waals surface area contributed by atoms with Gasteiger partial charge in [-0.05, 0) is 55.7 Å². The first-order chi connectivity index (χ1) is 14.7. The summed E-state index contributed by atoms with van der Waals surface area (Å²) in [6.07, 6.45) is 1.89. The molecule has 2 aromatic carbocycles. The molecular formula is C23H26N4O4. The molecule has 2 aromatic rings. The van der Waals surface area contributed by atoms with Gasteiger partial charge in [0.05, 0.1) is 6.04 Å². The average Bonchev–Trinajstić information content (AvgIpc) is 3.52. The minimum absolute atomic E-state index is 0.0446. The van der Waals surface area contributed by atoms with Crippen molar-refractivity contribution in [1.29, 1.82) is 0 Å². The molecule has 31 heavy (non-hydrogen) atoms. The third kappa shape index (κ3) is 6.40. The first-order valence-electron chi connectivity index (χ1n) is 10.1. The number of carbonyl (C=O) groups excluding carboxylic acids is 4. The van der Waals surface area contributed by atoms with Crippen molar-refractivity contribution >= 4 is 40.7 Å². The third-order valence-electron chi connectivity index (χ3n) is 4.81. The molecule has 4 amide bonds. The SMILES string of the molecule is CC(=O)Nc1cc(NC(C)=O)cc(C(=O)NC(C)c2ccc(NC(=O)C3CC3)cc2)c1. The molecule has 1 unspecified atom stereocenters. The number of rotatable bonds is 7. The second-order valence-corrected chi connectivity index (χ2v) is 7.74. The Labute approximate surface area is 180 Å². The standard InChI is InChI=1S/C23H26N4O4/c1-13(16-6-8-19(9-7-16)27-22(30)17-4-5-17)24-23(31)18-10-20(25-14(2)28)12-21(11-18)26-15(3)29/h6-13,17H,4-5H2,1-3H3,(H,24,31)(H,25,28)(H,26,29)(H,27,30). The molecule has 1 aliphatic carbocycles. The van der Waals surface area contributed by atoms with Gasteiger partial charge in [-0.1, -0.05) is 12.1 Å². The van der Waals surface area contributed by atoms with Crippen molar-refractivity contribution in [3.63, 3.8) is 0 Å². The van der Waals surface area contributed by atoms with E-state index in [0.717, 1.165) is 24.1 Å². The topological polar surface area (TPSA) is 116 Å². The molecule has 0 spiro atoms. The number of benzene rings is 2. The van der Waals surface area contributed by atoms with Crippen LogP contribution in [0.1, 0.15) is 55.6 Å². The molecule has 0 aliphatic heterocycles. The van der Waals surface area contributed by atoms with Crippen LogP contribution in [0, 0.1) is 5.92 Å². The molecular weight excluding hydrogens is 396 g/mol. The number of nitrogens with one attached hydrogen (secondary N) is 4. The van der Waals surface area contributed by atoms with E-state index >= 15 is 0 Å². The molecule has 8 heteroatoms. The Morgan fingerprint density at radius 2 is 1.35 bits per heavy atom. The minimum atomic E-state index is -0.350. The van der Waals surface area contributed by atoms with Crippen molar-refractivity contribution in [3.05, 3.63) is 53.6 Å². The predicted molar refractivity (Wildman–Crippen MR) is 119 cm³/mol. The van der Waals surface area contributed by atoms with Crippen LogP contribution in [0.3, 0.4) is 0 Å². The Bertz CT molecular complexity index is 978. The Kier molecular flexibility index (Phi) is 6.69. The summed E-state index contributed by atoms with van der Waals surface area (Å²) in [7, 11) is 0. The maximum absolute atomic E-state index is 12.8. The smallest absolute Gasteiger partial charge is 0.251 e. The maximum atomic E-state index is 12.8. The number of hydrogen-bond acceptors (Lipinski definition) is 4. The van der Waals surface area contributed by atoms with E-state index in [-0.39, 0.29) is 35.6 Å². The van der Waals surface area contributed by atoms with E-state index in [0.29, 0.717) is 16.9 Å². The molecule has 8 nitrogen and oxygen atoms in total. The van der Waals surface area contributed by atoms with Crippen LogP contribution in [-0.4, -0.2) is 23.6 Å². The average molecular weight is 422 g/mol. The molecule has 0 bridgehead atoms. The second kappa shape index (κ2) is 9.42. The van der Waals surface area contributed by atoms with Gasteiger partial charge in [0.2, 0.25) is 17.7 Å². The summed E-state index contributed by atoms with van der Waals surface area (Å²) in [6, 6.07) is 11.7. The van der Waals surface area contributed by atoms with Gasteiger partial charge in [0.15, 0.2) is 0 Å². The summed E-state index contributed by atoms with van der Waals surface area (Å²) in [5.41, 5.74) is 2.72. The quantitative estimate of drug-likeness (QED) is 0.547. The van der Waals surface area contributed by atoms with Crippen molar-refractivity contribution in [2.45, 2.75) is 39.7 Å². The highest BCUT2D eigenvalue weighted by molar-refractivity contribution is 6.00. The molecule has 3 rings (SSSR count). The van der Waals surface area contributed by atoms with E-state index < -0.39 is 0 Å². The normalized spacial score (nSPS) is 13.6. The lowest BCUT2D eigenvalue weighted by molar-refractivity contribution is -0.117. The zero-order valence-corrected chi connectivity index (χ0v) is 17.7. The van der Waals surface area contributed by atoms with Gasteiger partial charge in [-0.25, -0.2) is 0 Å². The Hall–Kier alpha value is -3.68. The zero-order valence-electron chi connectivity index (χ0n) is 17.7. The largest absolute Gasteiger partial charge is 0.346 e. The van der Waals surface area contributed by atoms with E-state index in [1.807, 2.05) is 31.2 Å². The fourth-order valence-corrected chi connectivity index (χ4v) is 3.12. The monoisotopic (exact) mass is 422 g/mol. The van der Waals surface area contributed by atoms with Gasteiger partial charge in [-0.15, -0.1) is 0 Å². The molecule has 1 atom stereocenters. The van der Waals surface area contributed by atoms with Crippen molar-refractivity contribution in [2.75, 3.05) is 16.0 Å². The Morgan fingerprint density at radius 1 is 0.806 bits per heavy atom. The highest BCUT2D eigenvalue weighted by Crippen LogP contribution is 2.30. The fourth-order valence-electron chi connectivity index (χ4n) is 3.12. The number of amides is 4. The number of hydrogen-bond donors (Lipinski definition) is 4. The van der Waals surface area contributed by atoms with Crippen LogP contribution in [0.5, 0.6) is 0 Å². The maximum Gasteiger partial charge on any atom is 0.251 e. The summed E-state index contributed by atoms with van der Waals surface area (Å²) in [4.78, 5) is 47.5. The lowest BCUT2D eigenvalue weighted by atomic mass is 10.1. The Balaban J connectivity index is 1.69. The van der Waals surface area contributed by atoms with E-state index in [1.165, 1.54) is 13.8 Å². The molecule has 0 heterocycles. The third-order valence-corrected chi connectivity index (χ3v) is 4.81. The summed E-state index contributed by atoms with van der Waals surface area (Å²) in [6.45, 7) is 4.58. The zero-order chi connectivity index (χ0) is 22.5. The summed E-state index contributed by atoms with van der Waals surface area (Å²) < 4.78 is 0. The van der Waals surface area contributed by atoms with Gasteiger partial charge in [0.1, 0.15) is 0 Å². The van der Waals surface area contributed by atoms with Crippen molar-refractivity contribution in [2.24, 2.45) is 5.92 Å². The predicted octanol–water partition coefficient (Wildman–Crippen LogP) is 3.44. The highest BCUT2D eigenvalue weighted by atomic mass is 16.2. The van der Waals surface area contributed by atoms with E-state index in [4.69, 9.17) is 0 Å². The summed E-state index contributed by atoms with van der Waals surface area (Å²) in [5, 5.41) is 11.1. The molecule has 0 saturated heterocycles. The van der Waals surface area contributed by atoms with Crippen molar-refractivity contribution in [1.82, 2.24) is 5.32 Å². The lowest BCUT2D eigenvalue weighted by Gasteiger charge is -2.16. The van der Waals surface area contributed by atoms with Gasteiger partial charge in [0, 0.05) is 42.4 Å². The van der Waals surface area contributed by atoms with Gasteiger partial charge in [-0.2, -0.15) is 0 Å². The second-order valence-electron chi connectivity index (χ2n) is 7.74. The lowest BCUT2D eigenvalue weighted by Crippen LogP contribution is -2.27. The number of carbonyl (C=O) groups is 4.